The molecule has 0 aliphatic carbocycles. The Morgan fingerprint density at radius 3 is 2.95 bits per heavy atom. The van der Waals surface area contributed by atoms with Crippen molar-refractivity contribution in [1.82, 2.24) is 4.90 Å². The van der Waals surface area contributed by atoms with Gasteiger partial charge in [-0.15, -0.1) is 0 Å². The number of hydrogen-bond donors (Lipinski definition) is 3. The lowest BCUT2D eigenvalue weighted by Gasteiger charge is -2.30. The lowest BCUT2D eigenvalue weighted by Crippen LogP contribution is -2.51. The van der Waals surface area contributed by atoms with Gasteiger partial charge in [0.1, 0.15) is 5.82 Å². The number of nitrogens with zero attached hydrogens (tertiary/aromatic N) is 1. The number of hydrogen-bond acceptors (Lipinski definition) is 3. The average Bonchev–Trinajstić information content (AvgIpc) is 2.87. The van der Waals surface area contributed by atoms with E-state index in [1.807, 2.05) is 0 Å². The second-order valence-electron chi connectivity index (χ2n) is 5.17. The number of amides is 1. The lowest BCUT2D eigenvalue weighted by molar-refractivity contribution is 0.0522. The maximum Gasteiger partial charge on any atom is 0.407 e. The van der Waals surface area contributed by atoms with Crippen LogP contribution in [0.1, 0.15) is 18.4 Å². The lowest BCUT2D eigenvalue weighted by atomic mass is 9.96. The third-order valence-corrected chi connectivity index (χ3v) is 3.74. The molecule has 1 fully saturated rings. The summed E-state index contributed by atoms with van der Waals surface area (Å²) in [6.07, 6.45) is -0.352. The van der Waals surface area contributed by atoms with Crippen molar-refractivity contribution < 1.29 is 19.4 Å². The summed E-state index contributed by atoms with van der Waals surface area (Å²) in [4.78, 5) is 12.3. The van der Waals surface area contributed by atoms with Gasteiger partial charge in [-0.3, -0.25) is 0 Å². The molecule has 1 aliphatic heterocycles. The Kier molecular flexibility index (Phi) is 4.57. The van der Waals surface area contributed by atoms with Crippen molar-refractivity contribution in [3.05, 3.63) is 35.6 Å². The van der Waals surface area contributed by atoms with Gasteiger partial charge < -0.3 is 20.8 Å². The maximum atomic E-state index is 13.1. The van der Waals surface area contributed by atoms with Gasteiger partial charge in [0.2, 0.25) is 0 Å². The highest BCUT2D eigenvalue weighted by Crippen LogP contribution is 2.22. The van der Waals surface area contributed by atoms with Crippen molar-refractivity contribution in [3.63, 3.8) is 0 Å². The first-order valence-corrected chi connectivity index (χ1v) is 6.66. The summed E-state index contributed by atoms with van der Waals surface area (Å²) in [6.45, 7) is 0.420. The van der Waals surface area contributed by atoms with Gasteiger partial charge in [-0.1, -0.05) is 12.1 Å². The first-order chi connectivity index (χ1) is 9.49. The van der Waals surface area contributed by atoms with Crippen molar-refractivity contribution in [1.29, 1.82) is 0 Å². The summed E-state index contributed by atoms with van der Waals surface area (Å²) in [7, 11) is 0. The number of likely N-dealkylation sites (tertiary alicyclic amines) is 1. The van der Waals surface area contributed by atoms with Gasteiger partial charge in [0.15, 0.2) is 0 Å². The van der Waals surface area contributed by atoms with Gasteiger partial charge in [-0.05, 0) is 37.0 Å². The maximum absolute atomic E-state index is 13.1. The molecule has 1 unspecified atom stereocenters. The van der Waals surface area contributed by atoms with E-state index in [2.05, 4.69) is 0 Å². The molecule has 1 aliphatic rings. The van der Waals surface area contributed by atoms with Crippen molar-refractivity contribution in [2.24, 2.45) is 5.73 Å². The standard InChI is InChI=1S/C14H19FN2O3/c15-10-4-1-3-9(7-10)8-11(16)13(18)12-5-2-6-17(12)14(19)20/h1,3-4,7,11-13,18H,2,5-6,8,16H2,(H,19,20)/t11-,12?,13-/m0/s1. The Labute approximate surface area is 116 Å². The molecule has 1 amide bonds. The van der Waals surface area contributed by atoms with E-state index >= 15 is 0 Å². The van der Waals surface area contributed by atoms with Gasteiger partial charge in [-0.25, -0.2) is 9.18 Å². The number of aliphatic hydroxyl groups excluding tert-OH is 1. The average molecular weight is 282 g/mol. The molecular formula is C14H19FN2O3. The van der Waals surface area contributed by atoms with Crippen LogP contribution in [0.4, 0.5) is 9.18 Å². The van der Waals surface area contributed by atoms with Crippen LogP contribution in [0.2, 0.25) is 0 Å². The number of halogens is 1. The molecule has 2 rings (SSSR count). The van der Waals surface area contributed by atoms with E-state index in [0.29, 0.717) is 24.9 Å². The number of benzene rings is 1. The summed E-state index contributed by atoms with van der Waals surface area (Å²) < 4.78 is 13.1. The molecule has 110 valence electrons. The highest BCUT2D eigenvalue weighted by atomic mass is 19.1. The fourth-order valence-electron chi connectivity index (χ4n) is 2.73. The summed E-state index contributed by atoms with van der Waals surface area (Å²) in [6, 6.07) is 4.94. The molecule has 3 atom stereocenters. The quantitative estimate of drug-likeness (QED) is 0.774. The van der Waals surface area contributed by atoms with Crippen molar-refractivity contribution in [3.8, 4) is 0 Å². The number of aliphatic hydroxyl groups is 1. The summed E-state index contributed by atoms with van der Waals surface area (Å²) in [5.41, 5.74) is 6.64. The second kappa shape index (κ2) is 6.19. The van der Waals surface area contributed by atoms with E-state index in [4.69, 9.17) is 10.8 Å². The molecule has 0 saturated carbocycles. The largest absolute Gasteiger partial charge is 0.465 e. The predicted molar refractivity (Wildman–Crippen MR) is 71.8 cm³/mol. The number of nitrogens with two attached hydrogens (primary N) is 1. The minimum Gasteiger partial charge on any atom is -0.465 e. The topological polar surface area (TPSA) is 86.8 Å². The molecule has 0 spiro atoms. The zero-order valence-corrected chi connectivity index (χ0v) is 11.1. The van der Waals surface area contributed by atoms with Gasteiger partial charge in [0.05, 0.1) is 12.1 Å². The van der Waals surface area contributed by atoms with Crippen LogP contribution < -0.4 is 5.73 Å². The van der Waals surface area contributed by atoms with Gasteiger partial charge >= 0.3 is 6.09 Å². The minimum absolute atomic E-state index is 0.308. The normalized spacial score (nSPS) is 21.8. The highest BCUT2D eigenvalue weighted by Gasteiger charge is 2.36. The van der Waals surface area contributed by atoms with Crippen LogP contribution in [0.15, 0.2) is 24.3 Å². The molecule has 5 nitrogen and oxygen atoms in total. The molecule has 1 saturated heterocycles. The molecule has 0 aromatic heterocycles. The fraction of sp³-hybridized carbons (Fsp3) is 0.500. The Balaban J connectivity index is 2.01. The van der Waals surface area contributed by atoms with Gasteiger partial charge in [0, 0.05) is 12.6 Å². The Bertz CT molecular complexity index is 483. The molecule has 1 aromatic carbocycles. The minimum atomic E-state index is -1.04. The molecule has 20 heavy (non-hydrogen) atoms. The van der Waals surface area contributed by atoms with E-state index in [1.165, 1.54) is 17.0 Å². The first-order valence-electron chi connectivity index (χ1n) is 6.66. The number of carbonyl (C=O) groups is 1. The van der Waals surface area contributed by atoms with Gasteiger partial charge in [-0.2, -0.15) is 0 Å². The summed E-state index contributed by atoms with van der Waals surface area (Å²) >= 11 is 0. The summed E-state index contributed by atoms with van der Waals surface area (Å²) in [5, 5.41) is 19.3. The molecule has 6 heteroatoms. The highest BCUT2D eigenvalue weighted by molar-refractivity contribution is 5.66. The molecule has 0 bridgehead atoms. The van der Waals surface area contributed by atoms with Crippen molar-refractivity contribution >= 4 is 6.09 Å². The van der Waals surface area contributed by atoms with Crippen LogP contribution >= 0.6 is 0 Å². The Hall–Kier alpha value is -1.66. The smallest absolute Gasteiger partial charge is 0.407 e. The Morgan fingerprint density at radius 1 is 1.55 bits per heavy atom. The number of carboxylic acid groups (broad SMARTS) is 1. The van der Waals surface area contributed by atoms with Gasteiger partial charge in [0.25, 0.3) is 0 Å². The van der Waals surface area contributed by atoms with Crippen LogP contribution in [0.25, 0.3) is 0 Å². The second-order valence-corrected chi connectivity index (χ2v) is 5.17. The van der Waals surface area contributed by atoms with Crippen LogP contribution in [-0.4, -0.2) is 45.9 Å². The molecule has 4 N–H and O–H groups in total. The zero-order valence-electron chi connectivity index (χ0n) is 11.1. The molecule has 1 aromatic rings. The summed E-state index contributed by atoms with van der Waals surface area (Å²) in [5.74, 6) is -0.350. The van der Waals surface area contributed by atoms with E-state index < -0.39 is 24.3 Å². The third-order valence-electron chi connectivity index (χ3n) is 3.74. The predicted octanol–water partition coefficient (Wildman–Crippen LogP) is 1.20. The van der Waals surface area contributed by atoms with E-state index in [9.17, 15) is 14.3 Å². The van der Waals surface area contributed by atoms with Crippen LogP contribution in [0.5, 0.6) is 0 Å². The molecular weight excluding hydrogens is 263 g/mol. The molecule has 0 radical (unpaired) electrons. The van der Waals surface area contributed by atoms with E-state index in [-0.39, 0.29) is 5.82 Å². The van der Waals surface area contributed by atoms with E-state index in [1.54, 1.807) is 12.1 Å². The monoisotopic (exact) mass is 282 g/mol. The van der Waals surface area contributed by atoms with Crippen LogP contribution in [0.3, 0.4) is 0 Å². The van der Waals surface area contributed by atoms with Crippen molar-refractivity contribution in [2.75, 3.05) is 6.54 Å². The fourth-order valence-corrected chi connectivity index (χ4v) is 2.73. The van der Waals surface area contributed by atoms with Crippen LogP contribution in [0, 0.1) is 5.82 Å². The zero-order chi connectivity index (χ0) is 14.7. The molecule has 1 heterocycles. The number of rotatable bonds is 4. The van der Waals surface area contributed by atoms with Crippen molar-refractivity contribution in [2.45, 2.75) is 37.5 Å². The first kappa shape index (κ1) is 14.7. The SMILES string of the molecule is N[C@@H](Cc1cccc(F)c1)[C@H](O)C1CCCN1C(=O)O. The third kappa shape index (κ3) is 3.26. The van der Waals surface area contributed by atoms with Crippen LogP contribution in [-0.2, 0) is 6.42 Å². The Morgan fingerprint density at radius 2 is 2.30 bits per heavy atom. The van der Waals surface area contributed by atoms with E-state index in [0.717, 1.165) is 6.42 Å².